The van der Waals surface area contributed by atoms with Gasteiger partial charge in [-0.05, 0) is 166 Å². The molecule has 0 spiro atoms. The SMILES string of the molecule is C=CC(=O)N(C)CCCc1ccc(C2CCC(C3CCC4CC(C5CCC(CCCCC)CC5)CCC4C3)CC2)c(CC)c1. The molecule has 4 aliphatic rings. The molecule has 246 valence electrons. The van der Waals surface area contributed by atoms with E-state index in [1.165, 1.54) is 69.4 Å². The summed E-state index contributed by atoms with van der Waals surface area (Å²) in [5.41, 5.74) is 4.65. The van der Waals surface area contributed by atoms with Gasteiger partial charge in [0.2, 0.25) is 5.91 Å². The summed E-state index contributed by atoms with van der Waals surface area (Å²) in [5, 5.41) is 0. The number of aryl methyl sites for hydroxylation is 2. The summed E-state index contributed by atoms with van der Waals surface area (Å²) in [7, 11) is 1.87. The van der Waals surface area contributed by atoms with Gasteiger partial charge in [0.1, 0.15) is 0 Å². The lowest BCUT2D eigenvalue weighted by molar-refractivity contribution is -0.124. The maximum atomic E-state index is 11.8. The van der Waals surface area contributed by atoms with Gasteiger partial charge < -0.3 is 4.90 Å². The molecule has 1 amide bonds. The van der Waals surface area contributed by atoms with Gasteiger partial charge in [0.25, 0.3) is 0 Å². The van der Waals surface area contributed by atoms with Crippen LogP contribution in [0.4, 0.5) is 0 Å². The van der Waals surface area contributed by atoms with Gasteiger partial charge >= 0.3 is 0 Å². The Labute approximate surface area is 272 Å². The second-order valence-electron chi connectivity index (χ2n) is 16.0. The minimum Gasteiger partial charge on any atom is -0.342 e. The smallest absolute Gasteiger partial charge is 0.245 e. The number of carbonyl (C=O) groups excluding carboxylic acids is 1. The van der Waals surface area contributed by atoms with Gasteiger partial charge in [0.05, 0.1) is 0 Å². The van der Waals surface area contributed by atoms with Crippen LogP contribution in [0.15, 0.2) is 30.9 Å². The highest BCUT2D eigenvalue weighted by Crippen LogP contribution is 2.52. The predicted octanol–water partition coefficient (Wildman–Crippen LogP) is 11.3. The van der Waals surface area contributed by atoms with Crippen LogP contribution in [0.25, 0.3) is 0 Å². The molecule has 0 radical (unpaired) electrons. The Bertz CT molecular complexity index is 1030. The van der Waals surface area contributed by atoms with E-state index in [0.717, 1.165) is 73.2 Å². The van der Waals surface area contributed by atoms with E-state index < -0.39 is 0 Å². The molecular formula is C42H67NO. The average Bonchev–Trinajstić information content (AvgIpc) is 3.07. The molecule has 0 heterocycles. The maximum absolute atomic E-state index is 11.8. The van der Waals surface area contributed by atoms with E-state index in [-0.39, 0.29) is 5.91 Å². The fourth-order valence-electron chi connectivity index (χ4n) is 10.7. The van der Waals surface area contributed by atoms with Gasteiger partial charge in [0.15, 0.2) is 0 Å². The molecule has 4 aliphatic carbocycles. The highest BCUT2D eigenvalue weighted by molar-refractivity contribution is 5.86. The summed E-state index contributed by atoms with van der Waals surface area (Å²) in [6.07, 6.45) is 31.7. The summed E-state index contributed by atoms with van der Waals surface area (Å²) < 4.78 is 0. The van der Waals surface area contributed by atoms with E-state index >= 15 is 0 Å². The van der Waals surface area contributed by atoms with E-state index in [2.05, 4.69) is 38.6 Å². The van der Waals surface area contributed by atoms with Gasteiger partial charge in [-0.1, -0.05) is 77.2 Å². The monoisotopic (exact) mass is 602 g/mol. The largest absolute Gasteiger partial charge is 0.342 e. The van der Waals surface area contributed by atoms with Crippen LogP contribution >= 0.6 is 0 Å². The summed E-state index contributed by atoms with van der Waals surface area (Å²) in [6, 6.07) is 7.33. The number of benzene rings is 1. The van der Waals surface area contributed by atoms with Crippen molar-refractivity contribution < 1.29 is 4.79 Å². The number of likely N-dealkylation sites (N-methyl/N-ethyl adjacent to an activating group) is 1. The van der Waals surface area contributed by atoms with Crippen molar-refractivity contribution >= 4 is 5.91 Å². The fraction of sp³-hybridized carbons (Fsp3) is 0.786. The van der Waals surface area contributed by atoms with Gasteiger partial charge in [0, 0.05) is 13.6 Å². The quantitative estimate of drug-likeness (QED) is 0.163. The van der Waals surface area contributed by atoms with Gasteiger partial charge in [-0.25, -0.2) is 0 Å². The van der Waals surface area contributed by atoms with Crippen molar-refractivity contribution in [2.75, 3.05) is 13.6 Å². The molecule has 2 nitrogen and oxygen atoms in total. The van der Waals surface area contributed by atoms with Crippen molar-refractivity contribution in [3.8, 4) is 0 Å². The molecule has 0 N–H and O–H groups in total. The van der Waals surface area contributed by atoms with Crippen molar-refractivity contribution in [3.63, 3.8) is 0 Å². The van der Waals surface area contributed by atoms with Crippen LogP contribution in [-0.4, -0.2) is 24.4 Å². The number of hydrogen-bond donors (Lipinski definition) is 0. The number of amides is 1. The van der Waals surface area contributed by atoms with Crippen LogP contribution in [0.1, 0.15) is 158 Å². The lowest BCUT2D eigenvalue weighted by Gasteiger charge is -2.47. The Balaban J connectivity index is 1.04. The summed E-state index contributed by atoms with van der Waals surface area (Å²) in [4.78, 5) is 13.5. The van der Waals surface area contributed by atoms with Gasteiger partial charge in [-0.2, -0.15) is 0 Å². The lowest BCUT2D eigenvalue weighted by atomic mass is 9.58. The minimum absolute atomic E-state index is 0.0197. The number of hydrogen-bond acceptors (Lipinski definition) is 1. The highest BCUT2D eigenvalue weighted by atomic mass is 16.2. The molecule has 0 aliphatic heterocycles. The molecule has 5 rings (SSSR count). The zero-order valence-electron chi connectivity index (χ0n) is 29.0. The molecule has 44 heavy (non-hydrogen) atoms. The third kappa shape index (κ3) is 8.82. The summed E-state index contributed by atoms with van der Waals surface area (Å²) in [5.74, 6) is 8.13. The van der Waals surface area contributed by atoms with E-state index in [1.807, 2.05) is 7.05 Å². The molecule has 0 aromatic heterocycles. The fourth-order valence-corrected chi connectivity index (χ4v) is 10.7. The predicted molar refractivity (Wildman–Crippen MR) is 188 cm³/mol. The Hall–Kier alpha value is -1.57. The molecule has 4 atom stereocenters. The second kappa shape index (κ2) is 16.8. The number of unbranched alkanes of at least 4 members (excludes halogenated alkanes) is 2. The number of nitrogens with zero attached hydrogens (tertiary/aromatic N) is 1. The van der Waals surface area contributed by atoms with Crippen molar-refractivity contribution in [2.45, 2.75) is 155 Å². The third-order valence-electron chi connectivity index (χ3n) is 13.4. The third-order valence-corrected chi connectivity index (χ3v) is 13.4. The number of rotatable bonds is 13. The minimum atomic E-state index is 0.0197. The molecule has 4 saturated carbocycles. The maximum Gasteiger partial charge on any atom is 0.245 e. The van der Waals surface area contributed by atoms with Crippen LogP contribution < -0.4 is 0 Å². The lowest BCUT2D eigenvalue weighted by Crippen LogP contribution is -2.36. The van der Waals surface area contributed by atoms with Crippen LogP contribution in [0.5, 0.6) is 0 Å². The Morgan fingerprint density at radius 1 is 0.773 bits per heavy atom. The van der Waals surface area contributed by atoms with Crippen molar-refractivity contribution in [2.24, 2.45) is 41.4 Å². The van der Waals surface area contributed by atoms with Crippen molar-refractivity contribution in [3.05, 3.63) is 47.5 Å². The standard InChI is InChI=1S/C42H67NO/c1-5-8-9-11-31-13-16-34(17-14-31)37-22-24-40-30-38(23-25-39(40)29-37)35-18-20-36(21-19-35)41-26-15-32(28-33(41)6-2)12-10-27-43(4)42(44)7-3/h7,15,26,28,31,34-40H,3,5-6,8-14,16-25,27,29-30H2,1-2,4H3. The van der Waals surface area contributed by atoms with Gasteiger partial charge in [-0.15, -0.1) is 0 Å². The molecule has 0 bridgehead atoms. The first kappa shape index (κ1) is 33.8. The summed E-state index contributed by atoms with van der Waals surface area (Å²) >= 11 is 0. The van der Waals surface area contributed by atoms with Crippen molar-refractivity contribution in [1.29, 1.82) is 0 Å². The molecule has 4 unspecified atom stereocenters. The number of carbonyl (C=O) groups is 1. The molecule has 4 fully saturated rings. The van der Waals surface area contributed by atoms with Crippen LogP contribution in [0, 0.1) is 41.4 Å². The molecule has 0 saturated heterocycles. The van der Waals surface area contributed by atoms with E-state index in [1.54, 1.807) is 73.8 Å². The molecular weight excluding hydrogens is 534 g/mol. The van der Waals surface area contributed by atoms with E-state index in [4.69, 9.17) is 0 Å². The molecule has 1 aromatic rings. The number of fused-ring (bicyclic) bond motifs is 1. The average molecular weight is 602 g/mol. The Kier molecular flexibility index (Phi) is 12.9. The van der Waals surface area contributed by atoms with Crippen molar-refractivity contribution in [1.82, 2.24) is 4.90 Å². The van der Waals surface area contributed by atoms with E-state index in [9.17, 15) is 4.79 Å². The Morgan fingerprint density at radius 3 is 1.91 bits per heavy atom. The first-order valence-electron chi connectivity index (χ1n) is 19.5. The van der Waals surface area contributed by atoms with Crippen LogP contribution in [0.2, 0.25) is 0 Å². The highest BCUT2D eigenvalue weighted by Gasteiger charge is 2.41. The van der Waals surface area contributed by atoms with E-state index in [0.29, 0.717) is 0 Å². The summed E-state index contributed by atoms with van der Waals surface area (Å²) in [6.45, 7) is 9.07. The van der Waals surface area contributed by atoms with Gasteiger partial charge in [-0.3, -0.25) is 4.79 Å². The molecule has 2 heteroatoms. The molecule has 1 aromatic carbocycles. The zero-order chi connectivity index (χ0) is 30.9. The first-order valence-corrected chi connectivity index (χ1v) is 19.5. The topological polar surface area (TPSA) is 20.3 Å². The van der Waals surface area contributed by atoms with Crippen LogP contribution in [0.3, 0.4) is 0 Å². The Morgan fingerprint density at radius 2 is 1.34 bits per heavy atom. The normalized spacial score (nSPS) is 32.5. The second-order valence-corrected chi connectivity index (χ2v) is 16.0. The first-order chi connectivity index (χ1) is 21.5. The zero-order valence-corrected chi connectivity index (χ0v) is 29.0. The van der Waals surface area contributed by atoms with Crippen LogP contribution in [-0.2, 0) is 17.6 Å².